The molecule has 2 nitrogen and oxygen atoms in total. The molecule has 0 aliphatic heterocycles. The third kappa shape index (κ3) is 1.84. The van der Waals surface area contributed by atoms with Crippen LogP contribution in [0.5, 0.6) is 0 Å². The first-order valence-corrected chi connectivity index (χ1v) is 4.61. The molecular formula is C8H10BrClN2. The Hall–Kier alpha value is -0.410. The largest absolute Gasteiger partial charge is 0.399 e. The molecule has 0 aliphatic carbocycles. The first-order chi connectivity index (χ1) is 5.52. The van der Waals surface area contributed by atoms with Crippen molar-refractivity contribution in [1.29, 1.82) is 0 Å². The molecule has 2 N–H and O–H groups in total. The fourth-order valence-electron chi connectivity index (χ4n) is 1.01. The predicted molar refractivity (Wildman–Crippen MR) is 57.9 cm³/mol. The van der Waals surface area contributed by atoms with Crippen LogP contribution in [0.2, 0.25) is 5.02 Å². The van der Waals surface area contributed by atoms with Gasteiger partial charge in [0.2, 0.25) is 0 Å². The van der Waals surface area contributed by atoms with Gasteiger partial charge >= 0.3 is 0 Å². The van der Waals surface area contributed by atoms with Crippen molar-refractivity contribution in [2.75, 3.05) is 24.7 Å². The third-order valence-electron chi connectivity index (χ3n) is 1.49. The van der Waals surface area contributed by atoms with E-state index in [0.717, 1.165) is 10.2 Å². The van der Waals surface area contributed by atoms with Crippen molar-refractivity contribution in [3.05, 3.63) is 21.6 Å². The van der Waals surface area contributed by atoms with Crippen LogP contribution >= 0.6 is 27.5 Å². The van der Waals surface area contributed by atoms with E-state index in [-0.39, 0.29) is 0 Å². The number of nitrogens with two attached hydrogens (primary N) is 1. The van der Waals surface area contributed by atoms with Crippen LogP contribution < -0.4 is 10.6 Å². The topological polar surface area (TPSA) is 29.3 Å². The van der Waals surface area contributed by atoms with E-state index in [9.17, 15) is 0 Å². The Morgan fingerprint density at radius 2 is 2.00 bits per heavy atom. The lowest BCUT2D eigenvalue weighted by Crippen LogP contribution is -2.10. The summed E-state index contributed by atoms with van der Waals surface area (Å²) in [5.41, 5.74) is 7.21. The summed E-state index contributed by atoms with van der Waals surface area (Å²) < 4.78 is 0.914. The summed E-state index contributed by atoms with van der Waals surface area (Å²) in [6.07, 6.45) is 0. The standard InChI is InChI=1S/C8H10BrClN2/c1-12(2)8-6(9)3-5(11)4-7(8)10/h3-4H,11H2,1-2H3. The van der Waals surface area contributed by atoms with Crippen molar-refractivity contribution in [1.82, 2.24) is 0 Å². The maximum absolute atomic E-state index is 5.98. The second-order valence-electron chi connectivity index (χ2n) is 2.73. The van der Waals surface area contributed by atoms with E-state index in [1.165, 1.54) is 0 Å². The highest BCUT2D eigenvalue weighted by Crippen LogP contribution is 2.34. The number of halogens is 2. The predicted octanol–water partition coefficient (Wildman–Crippen LogP) is 2.75. The van der Waals surface area contributed by atoms with Crippen molar-refractivity contribution in [2.24, 2.45) is 0 Å². The monoisotopic (exact) mass is 248 g/mol. The Morgan fingerprint density at radius 1 is 1.42 bits per heavy atom. The van der Waals surface area contributed by atoms with E-state index in [1.54, 1.807) is 6.07 Å². The summed E-state index contributed by atoms with van der Waals surface area (Å²) in [5, 5.41) is 0.659. The van der Waals surface area contributed by atoms with Crippen LogP contribution in [-0.4, -0.2) is 14.1 Å². The Labute approximate surface area is 85.4 Å². The zero-order chi connectivity index (χ0) is 9.30. The molecule has 0 radical (unpaired) electrons. The van der Waals surface area contributed by atoms with Crippen molar-refractivity contribution in [2.45, 2.75) is 0 Å². The normalized spacial score (nSPS) is 10.0. The van der Waals surface area contributed by atoms with Gasteiger partial charge in [-0.15, -0.1) is 0 Å². The summed E-state index contributed by atoms with van der Waals surface area (Å²) >= 11 is 9.37. The van der Waals surface area contributed by atoms with Gasteiger partial charge in [0.25, 0.3) is 0 Å². The third-order valence-corrected chi connectivity index (χ3v) is 2.38. The molecule has 12 heavy (non-hydrogen) atoms. The lowest BCUT2D eigenvalue weighted by Gasteiger charge is -2.16. The van der Waals surface area contributed by atoms with Gasteiger partial charge in [-0.25, -0.2) is 0 Å². The van der Waals surface area contributed by atoms with Gasteiger partial charge in [0.05, 0.1) is 10.7 Å². The van der Waals surface area contributed by atoms with E-state index in [2.05, 4.69) is 15.9 Å². The highest BCUT2D eigenvalue weighted by atomic mass is 79.9. The van der Waals surface area contributed by atoms with Crippen molar-refractivity contribution < 1.29 is 0 Å². The first-order valence-electron chi connectivity index (χ1n) is 3.44. The van der Waals surface area contributed by atoms with E-state index in [1.807, 2.05) is 25.1 Å². The molecule has 0 saturated carbocycles. The maximum Gasteiger partial charge on any atom is 0.0696 e. The second kappa shape index (κ2) is 3.54. The average molecular weight is 250 g/mol. The zero-order valence-corrected chi connectivity index (χ0v) is 9.28. The summed E-state index contributed by atoms with van der Waals surface area (Å²) in [6, 6.07) is 3.57. The van der Waals surface area contributed by atoms with Crippen LogP contribution in [0.25, 0.3) is 0 Å². The number of nitrogens with zero attached hydrogens (tertiary/aromatic N) is 1. The summed E-state index contributed by atoms with van der Waals surface area (Å²) in [6.45, 7) is 0. The minimum Gasteiger partial charge on any atom is -0.399 e. The number of rotatable bonds is 1. The summed E-state index contributed by atoms with van der Waals surface area (Å²) in [7, 11) is 3.87. The van der Waals surface area contributed by atoms with Gasteiger partial charge in [0.15, 0.2) is 0 Å². The van der Waals surface area contributed by atoms with Crippen molar-refractivity contribution in [3.8, 4) is 0 Å². The Bertz CT molecular complexity index is 276. The fraction of sp³-hybridized carbons (Fsp3) is 0.250. The molecule has 0 spiro atoms. The van der Waals surface area contributed by atoms with Crippen LogP contribution in [-0.2, 0) is 0 Å². The quantitative estimate of drug-likeness (QED) is 0.776. The molecule has 0 saturated heterocycles. The molecule has 1 rings (SSSR count). The number of benzene rings is 1. The molecule has 0 unspecified atom stereocenters. The maximum atomic E-state index is 5.98. The van der Waals surface area contributed by atoms with Crippen LogP contribution in [0, 0.1) is 0 Å². The highest BCUT2D eigenvalue weighted by Gasteiger charge is 2.07. The zero-order valence-electron chi connectivity index (χ0n) is 6.94. The lowest BCUT2D eigenvalue weighted by atomic mass is 10.3. The van der Waals surface area contributed by atoms with Gasteiger partial charge in [-0.3, -0.25) is 0 Å². The Kier molecular flexibility index (Phi) is 2.85. The molecule has 4 heteroatoms. The number of hydrogen-bond acceptors (Lipinski definition) is 2. The summed E-state index contributed by atoms with van der Waals surface area (Å²) in [5.74, 6) is 0. The second-order valence-corrected chi connectivity index (χ2v) is 3.99. The average Bonchev–Trinajstić information content (AvgIpc) is 1.82. The number of hydrogen-bond donors (Lipinski definition) is 1. The molecular weight excluding hydrogens is 239 g/mol. The minimum atomic E-state index is 0.659. The lowest BCUT2D eigenvalue weighted by molar-refractivity contribution is 1.13. The van der Waals surface area contributed by atoms with Crippen molar-refractivity contribution >= 4 is 38.9 Å². The molecule has 0 fully saturated rings. The van der Waals surface area contributed by atoms with Crippen LogP contribution in [0.4, 0.5) is 11.4 Å². The molecule has 1 aromatic carbocycles. The van der Waals surface area contributed by atoms with E-state index in [0.29, 0.717) is 10.7 Å². The Morgan fingerprint density at radius 3 is 2.42 bits per heavy atom. The molecule has 0 aromatic heterocycles. The highest BCUT2D eigenvalue weighted by molar-refractivity contribution is 9.10. The van der Waals surface area contributed by atoms with E-state index < -0.39 is 0 Å². The molecule has 0 aliphatic rings. The van der Waals surface area contributed by atoms with Crippen molar-refractivity contribution in [3.63, 3.8) is 0 Å². The first kappa shape index (κ1) is 9.68. The fourth-order valence-corrected chi connectivity index (χ4v) is 2.36. The van der Waals surface area contributed by atoms with Gasteiger partial charge in [-0.05, 0) is 28.1 Å². The van der Waals surface area contributed by atoms with E-state index in [4.69, 9.17) is 17.3 Å². The van der Waals surface area contributed by atoms with Gasteiger partial charge < -0.3 is 10.6 Å². The minimum absolute atomic E-state index is 0.659. The van der Waals surface area contributed by atoms with Gasteiger partial charge in [0.1, 0.15) is 0 Å². The number of anilines is 2. The van der Waals surface area contributed by atoms with Crippen LogP contribution in [0.15, 0.2) is 16.6 Å². The SMILES string of the molecule is CN(C)c1c(Cl)cc(N)cc1Br. The molecule has 0 atom stereocenters. The molecule has 66 valence electrons. The van der Waals surface area contributed by atoms with Crippen LogP contribution in [0.3, 0.4) is 0 Å². The summed E-state index contributed by atoms with van der Waals surface area (Å²) in [4.78, 5) is 1.94. The van der Waals surface area contributed by atoms with Crippen LogP contribution in [0.1, 0.15) is 0 Å². The Balaban J connectivity index is 3.28. The van der Waals surface area contributed by atoms with Gasteiger partial charge in [-0.2, -0.15) is 0 Å². The molecule has 0 amide bonds. The molecule has 0 heterocycles. The number of nitrogen functional groups attached to an aromatic ring is 1. The molecule has 1 aromatic rings. The molecule has 0 bridgehead atoms. The smallest absolute Gasteiger partial charge is 0.0696 e. The van der Waals surface area contributed by atoms with Gasteiger partial charge in [-0.1, -0.05) is 11.6 Å². The van der Waals surface area contributed by atoms with Gasteiger partial charge in [0, 0.05) is 24.3 Å². The van der Waals surface area contributed by atoms with E-state index >= 15 is 0 Å².